The molecule has 1 N–H and O–H groups in total. The number of amides is 2. The Balaban J connectivity index is 1.28. The highest BCUT2D eigenvalue weighted by molar-refractivity contribution is 7.99. The summed E-state index contributed by atoms with van der Waals surface area (Å²) in [5.41, 5.74) is 2.17. The predicted octanol–water partition coefficient (Wildman–Crippen LogP) is 3.37. The normalized spacial score (nSPS) is 13.6. The molecule has 7 nitrogen and oxygen atoms in total. The molecular weight excluding hydrogens is 424 g/mol. The number of anilines is 1. The zero-order valence-corrected chi connectivity index (χ0v) is 18.8. The second-order valence-electron chi connectivity index (χ2n) is 7.59. The molecule has 1 fully saturated rings. The van der Waals surface area contributed by atoms with E-state index in [0.29, 0.717) is 30.0 Å². The van der Waals surface area contributed by atoms with Crippen LogP contribution >= 0.6 is 11.8 Å². The largest absolute Gasteiger partial charge is 0.486 e. The molecule has 2 amide bonds. The minimum absolute atomic E-state index is 0.160. The SMILES string of the molecule is Cn1ccnc1COc1ccc(C(=O)Nc2ccc(CC(=O)N3CCSCC3)cc2)cc1. The molecule has 0 radical (unpaired) electrons. The summed E-state index contributed by atoms with van der Waals surface area (Å²) in [6, 6.07) is 14.4. The fourth-order valence-corrected chi connectivity index (χ4v) is 4.30. The molecule has 1 aromatic heterocycles. The van der Waals surface area contributed by atoms with Crippen molar-refractivity contribution in [2.75, 3.05) is 29.9 Å². The maximum absolute atomic E-state index is 12.6. The van der Waals surface area contributed by atoms with Gasteiger partial charge in [0.15, 0.2) is 0 Å². The fourth-order valence-electron chi connectivity index (χ4n) is 3.39. The molecular formula is C24H26N4O3S. The number of hydrogen-bond donors (Lipinski definition) is 1. The summed E-state index contributed by atoms with van der Waals surface area (Å²) in [7, 11) is 1.91. The van der Waals surface area contributed by atoms with Crippen LogP contribution in [0.25, 0.3) is 0 Å². The number of carbonyl (C=O) groups excluding carboxylic acids is 2. The number of carbonyl (C=O) groups is 2. The predicted molar refractivity (Wildman–Crippen MR) is 126 cm³/mol. The summed E-state index contributed by atoms with van der Waals surface area (Å²) >= 11 is 1.89. The van der Waals surface area contributed by atoms with E-state index in [4.69, 9.17) is 4.74 Å². The van der Waals surface area contributed by atoms with Crippen molar-refractivity contribution in [2.45, 2.75) is 13.0 Å². The molecule has 1 aliphatic rings. The number of nitrogens with one attached hydrogen (secondary N) is 1. The maximum Gasteiger partial charge on any atom is 0.255 e. The third-order valence-electron chi connectivity index (χ3n) is 5.34. The molecule has 3 aromatic rings. The number of aryl methyl sites for hydroxylation is 1. The molecule has 2 aromatic carbocycles. The van der Waals surface area contributed by atoms with Crippen molar-refractivity contribution in [3.8, 4) is 5.75 Å². The van der Waals surface area contributed by atoms with Gasteiger partial charge in [-0.2, -0.15) is 11.8 Å². The lowest BCUT2D eigenvalue weighted by molar-refractivity contribution is -0.130. The fraction of sp³-hybridized carbons (Fsp3) is 0.292. The summed E-state index contributed by atoms with van der Waals surface area (Å²) in [6.07, 6.45) is 3.98. The lowest BCUT2D eigenvalue weighted by atomic mass is 10.1. The molecule has 0 bridgehead atoms. The van der Waals surface area contributed by atoms with Crippen LogP contribution < -0.4 is 10.1 Å². The molecule has 4 rings (SSSR count). The summed E-state index contributed by atoms with van der Waals surface area (Å²) in [5, 5.41) is 2.89. The van der Waals surface area contributed by atoms with E-state index in [0.717, 1.165) is 36.0 Å². The van der Waals surface area contributed by atoms with E-state index in [1.807, 2.05) is 58.7 Å². The summed E-state index contributed by atoms with van der Waals surface area (Å²) < 4.78 is 7.62. The number of nitrogens with zero attached hydrogens (tertiary/aromatic N) is 3. The summed E-state index contributed by atoms with van der Waals surface area (Å²) in [4.78, 5) is 31.1. The number of ether oxygens (including phenoxy) is 1. The van der Waals surface area contributed by atoms with Crippen LogP contribution in [-0.4, -0.2) is 50.9 Å². The van der Waals surface area contributed by atoms with Gasteiger partial charge in [-0.05, 0) is 42.0 Å². The van der Waals surface area contributed by atoms with E-state index in [-0.39, 0.29) is 11.8 Å². The van der Waals surface area contributed by atoms with Crippen LogP contribution in [0.2, 0.25) is 0 Å². The van der Waals surface area contributed by atoms with Crippen molar-refractivity contribution < 1.29 is 14.3 Å². The molecule has 0 spiro atoms. The molecule has 2 heterocycles. The van der Waals surface area contributed by atoms with Crippen LogP contribution in [0, 0.1) is 0 Å². The zero-order valence-electron chi connectivity index (χ0n) is 18.0. The topological polar surface area (TPSA) is 76.5 Å². The third kappa shape index (κ3) is 5.70. The zero-order chi connectivity index (χ0) is 22.3. The first-order chi connectivity index (χ1) is 15.6. The van der Waals surface area contributed by atoms with Gasteiger partial charge in [0.25, 0.3) is 5.91 Å². The van der Waals surface area contributed by atoms with Crippen molar-refractivity contribution in [3.05, 3.63) is 77.9 Å². The highest BCUT2D eigenvalue weighted by Gasteiger charge is 2.17. The Bertz CT molecular complexity index is 1060. The molecule has 1 aliphatic heterocycles. The van der Waals surface area contributed by atoms with Crippen molar-refractivity contribution >= 4 is 29.3 Å². The number of imidazole rings is 1. The third-order valence-corrected chi connectivity index (χ3v) is 6.28. The van der Waals surface area contributed by atoms with E-state index < -0.39 is 0 Å². The van der Waals surface area contributed by atoms with Gasteiger partial charge in [0.05, 0.1) is 6.42 Å². The molecule has 8 heteroatoms. The summed E-state index contributed by atoms with van der Waals surface area (Å²) in [5.74, 6) is 3.47. The molecule has 0 saturated carbocycles. The van der Waals surface area contributed by atoms with E-state index in [9.17, 15) is 9.59 Å². The lowest BCUT2D eigenvalue weighted by Gasteiger charge is -2.26. The van der Waals surface area contributed by atoms with Gasteiger partial charge in [-0.15, -0.1) is 0 Å². The van der Waals surface area contributed by atoms with Crippen LogP contribution in [0.1, 0.15) is 21.7 Å². The van der Waals surface area contributed by atoms with Gasteiger partial charge >= 0.3 is 0 Å². The Labute approximate surface area is 191 Å². The second kappa shape index (κ2) is 10.4. The summed E-state index contributed by atoms with van der Waals surface area (Å²) in [6.45, 7) is 2.01. The first-order valence-corrected chi connectivity index (χ1v) is 11.7. The van der Waals surface area contributed by atoms with E-state index in [2.05, 4.69) is 10.3 Å². The molecule has 0 unspecified atom stereocenters. The highest BCUT2D eigenvalue weighted by Crippen LogP contribution is 2.17. The Morgan fingerprint density at radius 1 is 1.06 bits per heavy atom. The Morgan fingerprint density at radius 2 is 1.78 bits per heavy atom. The number of aromatic nitrogens is 2. The number of thioether (sulfide) groups is 1. The van der Waals surface area contributed by atoms with Crippen LogP contribution in [0.15, 0.2) is 60.9 Å². The van der Waals surface area contributed by atoms with E-state index >= 15 is 0 Å². The average molecular weight is 451 g/mol. The Kier molecular flexibility index (Phi) is 7.11. The molecule has 32 heavy (non-hydrogen) atoms. The van der Waals surface area contributed by atoms with Gasteiger partial charge in [0.2, 0.25) is 5.91 Å². The van der Waals surface area contributed by atoms with Crippen LogP contribution in [0.4, 0.5) is 5.69 Å². The lowest BCUT2D eigenvalue weighted by Crippen LogP contribution is -2.38. The smallest absolute Gasteiger partial charge is 0.255 e. The minimum atomic E-state index is -0.199. The molecule has 1 saturated heterocycles. The van der Waals surface area contributed by atoms with Crippen molar-refractivity contribution in [1.82, 2.24) is 14.5 Å². The van der Waals surface area contributed by atoms with Crippen LogP contribution in [0.3, 0.4) is 0 Å². The van der Waals surface area contributed by atoms with E-state index in [1.165, 1.54) is 0 Å². The van der Waals surface area contributed by atoms with Gasteiger partial charge in [-0.1, -0.05) is 12.1 Å². The minimum Gasteiger partial charge on any atom is -0.486 e. The Hall–Kier alpha value is -3.26. The van der Waals surface area contributed by atoms with Crippen LogP contribution in [0.5, 0.6) is 5.75 Å². The molecule has 0 aliphatic carbocycles. The van der Waals surface area contributed by atoms with Gasteiger partial charge in [0.1, 0.15) is 18.2 Å². The quantitative estimate of drug-likeness (QED) is 0.597. The first-order valence-electron chi connectivity index (χ1n) is 10.5. The number of hydrogen-bond acceptors (Lipinski definition) is 5. The second-order valence-corrected chi connectivity index (χ2v) is 8.81. The van der Waals surface area contributed by atoms with Gasteiger partial charge in [-0.3, -0.25) is 9.59 Å². The standard InChI is InChI=1S/C24H26N4O3S/c1-27-11-10-25-22(27)17-31-21-8-4-19(5-9-21)24(30)26-20-6-2-18(3-7-20)16-23(29)28-12-14-32-15-13-28/h2-11H,12-17H2,1H3,(H,26,30). The highest BCUT2D eigenvalue weighted by atomic mass is 32.2. The maximum atomic E-state index is 12.6. The van der Waals surface area contributed by atoms with Crippen molar-refractivity contribution in [3.63, 3.8) is 0 Å². The average Bonchev–Trinajstić information content (AvgIpc) is 3.24. The number of benzene rings is 2. The van der Waals surface area contributed by atoms with Gasteiger partial charge in [0, 0.05) is 55.3 Å². The molecule has 0 atom stereocenters. The Morgan fingerprint density at radius 3 is 2.44 bits per heavy atom. The van der Waals surface area contributed by atoms with Crippen LogP contribution in [-0.2, 0) is 24.9 Å². The monoisotopic (exact) mass is 450 g/mol. The van der Waals surface area contributed by atoms with Crippen molar-refractivity contribution in [1.29, 1.82) is 0 Å². The molecule has 166 valence electrons. The first kappa shape index (κ1) is 22.0. The number of rotatable bonds is 7. The van der Waals surface area contributed by atoms with Crippen molar-refractivity contribution in [2.24, 2.45) is 7.05 Å². The van der Waals surface area contributed by atoms with Gasteiger partial charge in [-0.25, -0.2) is 4.98 Å². The van der Waals surface area contributed by atoms with E-state index in [1.54, 1.807) is 30.5 Å². The van der Waals surface area contributed by atoms with Gasteiger partial charge < -0.3 is 19.5 Å².